The van der Waals surface area contributed by atoms with Crippen LogP contribution in [0.15, 0.2) is 30.1 Å². The van der Waals surface area contributed by atoms with Gasteiger partial charge in [0.05, 0.1) is 12.9 Å². The Morgan fingerprint density at radius 1 is 1.45 bits per heavy atom. The molecule has 6 nitrogen and oxygen atoms in total. The van der Waals surface area contributed by atoms with Crippen molar-refractivity contribution in [2.24, 2.45) is 11.5 Å². The molecule has 0 saturated heterocycles. The summed E-state index contributed by atoms with van der Waals surface area (Å²) in [6, 6.07) is 5.03. The molecule has 0 bridgehead atoms. The first kappa shape index (κ1) is 16.0. The third kappa shape index (κ3) is 3.62. The van der Waals surface area contributed by atoms with Crippen LogP contribution in [0.2, 0.25) is 0 Å². The molecule has 0 saturated carbocycles. The molecule has 1 aromatic carbocycles. The van der Waals surface area contributed by atoms with Crippen LogP contribution in [0, 0.1) is 0 Å². The van der Waals surface area contributed by atoms with Gasteiger partial charge in [-0.2, -0.15) is 0 Å². The number of amides is 2. The first-order chi connectivity index (χ1) is 10.5. The number of hydrogen-bond acceptors (Lipinski definition) is 4. The Balaban J connectivity index is 2.10. The quantitative estimate of drug-likeness (QED) is 0.792. The van der Waals surface area contributed by atoms with Crippen molar-refractivity contribution in [3.63, 3.8) is 0 Å². The normalized spacial score (nSPS) is 14.7. The highest BCUT2D eigenvalue weighted by Gasteiger charge is 2.25. The number of nitrogens with two attached hydrogens (primary N) is 2. The number of rotatable bonds is 6. The second-order valence-corrected chi connectivity index (χ2v) is 5.02. The molecule has 0 aromatic heterocycles. The lowest BCUT2D eigenvalue weighted by Gasteiger charge is -2.27. The molecule has 0 atom stereocenters. The van der Waals surface area contributed by atoms with Crippen molar-refractivity contribution in [3.05, 3.63) is 41.2 Å². The number of hydrogen-bond donors (Lipinski definition) is 2. The van der Waals surface area contributed by atoms with E-state index >= 15 is 0 Å². The molecule has 0 radical (unpaired) electrons. The van der Waals surface area contributed by atoms with Crippen molar-refractivity contribution in [2.45, 2.75) is 6.42 Å². The standard InChI is InChI=1S/C15H18FN3O3/c16-6-10(7-17)9-22-12-1-2-13-11(5-12)3-4-19(15(13)21)8-14(18)20/h1-2,5-6H,3-4,7-9,17H2,(H2,18,20)/b10-6+. The molecule has 1 aliphatic rings. The lowest BCUT2D eigenvalue weighted by Crippen LogP contribution is -2.42. The zero-order valence-corrected chi connectivity index (χ0v) is 12.0. The van der Waals surface area contributed by atoms with Crippen LogP contribution in [-0.4, -0.2) is 43.0 Å². The third-order valence-corrected chi connectivity index (χ3v) is 3.43. The highest BCUT2D eigenvalue weighted by atomic mass is 19.1. The number of nitrogens with zero attached hydrogens (tertiary/aromatic N) is 1. The number of fused-ring (bicyclic) bond motifs is 1. The van der Waals surface area contributed by atoms with E-state index in [1.54, 1.807) is 18.2 Å². The van der Waals surface area contributed by atoms with Gasteiger partial charge >= 0.3 is 0 Å². The first-order valence-corrected chi connectivity index (χ1v) is 6.86. The Labute approximate surface area is 127 Å². The van der Waals surface area contributed by atoms with Gasteiger partial charge in [0, 0.05) is 24.2 Å². The zero-order valence-electron chi connectivity index (χ0n) is 12.0. The van der Waals surface area contributed by atoms with Crippen LogP contribution in [0.25, 0.3) is 0 Å². The molecule has 0 fully saturated rings. The van der Waals surface area contributed by atoms with E-state index in [0.717, 1.165) is 5.56 Å². The Kier molecular flexibility index (Phi) is 5.11. The van der Waals surface area contributed by atoms with E-state index in [2.05, 4.69) is 0 Å². The van der Waals surface area contributed by atoms with Crippen molar-refractivity contribution in [3.8, 4) is 5.75 Å². The molecule has 118 valence electrons. The topological polar surface area (TPSA) is 98.7 Å². The summed E-state index contributed by atoms with van der Waals surface area (Å²) in [5.74, 6) is -0.218. The second-order valence-electron chi connectivity index (χ2n) is 5.02. The van der Waals surface area contributed by atoms with Crippen molar-refractivity contribution >= 4 is 11.8 Å². The minimum atomic E-state index is -0.538. The fraction of sp³-hybridized carbons (Fsp3) is 0.333. The number of carbonyl (C=O) groups is 2. The summed E-state index contributed by atoms with van der Waals surface area (Å²) in [6.07, 6.45) is 1.04. The maximum atomic E-state index is 12.4. The van der Waals surface area contributed by atoms with Crippen molar-refractivity contribution in [1.29, 1.82) is 0 Å². The number of primary amides is 1. The van der Waals surface area contributed by atoms with E-state index in [0.29, 0.717) is 36.2 Å². The summed E-state index contributed by atoms with van der Waals surface area (Å²) >= 11 is 0. The molecule has 0 aliphatic carbocycles. The number of halogens is 1. The summed E-state index contributed by atoms with van der Waals surface area (Å²) in [7, 11) is 0. The number of carbonyl (C=O) groups excluding carboxylic acids is 2. The molecule has 7 heteroatoms. The van der Waals surface area contributed by atoms with Gasteiger partial charge in [-0.25, -0.2) is 4.39 Å². The summed E-state index contributed by atoms with van der Waals surface area (Å²) in [4.78, 5) is 24.6. The Morgan fingerprint density at radius 2 is 2.23 bits per heavy atom. The zero-order chi connectivity index (χ0) is 16.1. The molecule has 1 aliphatic heterocycles. The van der Waals surface area contributed by atoms with Crippen LogP contribution in [0.1, 0.15) is 15.9 Å². The molecule has 1 heterocycles. The van der Waals surface area contributed by atoms with E-state index in [4.69, 9.17) is 16.2 Å². The Hall–Kier alpha value is -2.41. The van der Waals surface area contributed by atoms with Crippen molar-refractivity contribution in [1.82, 2.24) is 4.90 Å². The molecule has 4 N–H and O–H groups in total. The van der Waals surface area contributed by atoms with Gasteiger partial charge in [0.2, 0.25) is 5.91 Å². The van der Waals surface area contributed by atoms with Crippen LogP contribution in [0.4, 0.5) is 4.39 Å². The molecular formula is C15H18FN3O3. The maximum absolute atomic E-state index is 12.4. The average molecular weight is 307 g/mol. The lowest BCUT2D eigenvalue weighted by molar-refractivity contribution is -0.118. The van der Waals surface area contributed by atoms with Crippen LogP contribution in [0.5, 0.6) is 5.75 Å². The smallest absolute Gasteiger partial charge is 0.254 e. The monoisotopic (exact) mass is 307 g/mol. The van der Waals surface area contributed by atoms with Crippen LogP contribution < -0.4 is 16.2 Å². The molecule has 0 spiro atoms. The van der Waals surface area contributed by atoms with Crippen LogP contribution in [0.3, 0.4) is 0 Å². The van der Waals surface area contributed by atoms with Gasteiger partial charge in [0.1, 0.15) is 12.4 Å². The van der Waals surface area contributed by atoms with E-state index < -0.39 is 5.91 Å². The molecule has 0 unspecified atom stereocenters. The largest absolute Gasteiger partial charge is 0.489 e. The highest BCUT2D eigenvalue weighted by Crippen LogP contribution is 2.24. The van der Waals surface area contributed by atoms with Crippen molar-refractivity contribution < 1.29 is 18.7 Å². The Morgan fingerprint density at radius 3 is 2.86 bits per heavy atom. The SMILES string of the molecule is NC/C(=C\F)COc1ccc2c(c1)CCN(CC(N)=O)C2=O. The summed E-state index contributed by atoms with van der Waals surface area (Å²) in [5.41, 5.74) is 12.2. The van der Waals surface area contributed by atoms with Gasteiger partial charge in [-0.3, -0.25) is 9.59 Å². The fourth-order valence-corrected chi connectivity index (χ4v) is 2.25. The summed E-state index contributed by atoms with van der Waals surface area (Å²) in [5, 5.41) is 0. The predicted molar refractivity (Wildman–Crippen MR) is 79.0 cm³/mol. The molecule has 1 aromatic rings. The second kappa shape index (κ2) is 7.04. The average Bonchev–Trinajstić information content (AvgIpc) is 2.51. The fourth-order valence-electron chi connectivity index (χ4n) is 2.25. The summed E-state index contributed by atoms with van der Waals surface area (Å²) < 4.78 is 17.9. The predicted octanol–water partition coefficient (Wildman–Crippen LogP) is 0.361. The van der Waals surface area contributed by atoms with E-state index in [1.807, 2.05) is 0 Å². The van der Waals surface area contributed by atoms with Gasteiger partial charge in [0.15, 0.2) is 0 Å². The minimum Gasteiger partial charge on any atom is -0.489 e. The van der Waals surface area contributed by atoms with Crippen LogP contribution in [-0.2, 0) is 11.2 Å². The van der Waals surface area contributed by atoms with Crippen molar-refractivity contribution in [2.75, 3.05) is 26.2 Å². The minimum absolute atomic E-state index is 0.0630. The van der Waals surface area contributed by atoms with Gasteiger partial charge in [-0.15, -0.1) is 0 Å². The third-order valence-electron chi connectivity index (χ3n) is 3.43. The van der Waals surface area contributed by atoms with Crippen LogP contribution >= 0.6 is 0 Å². The highest BCUT2D eigenvalue weighted by molar-refractivity contribution is 5.98. The number of ether oxygens (including phenoxy) is 1. The first-order valence-electron chi connectivity index (χ1n) is 6.86. The van der Waals surface area contributed by atoms with E-state index in [9.17, 15) is 14.0 Å². The van der Waals surface area contributed by atoms with E-state index in [1.165, 1.54) is 4.90 Å². The maximum Gasteiger partial charge on any atom is 0.254 e. The molecule has 22 heavy (non-hydrogen) atoms. The lowest BCUT2D eigenvalue weighted by atomic mass is 9.98. The molecule has 2 amide bonds. The summed E-state index contributed by atoms with van der Waals surface area (Å²) in [6.45, 7) is 0.490. The Bertz CT molecular complexity index is 616. The van der Waals surface area contributed by atoms with Gasteiger partial charge < -0.3 is 21.1 Å². The van der Waals surface area contributed by atoms with Gasteiger partial charge in [-0.1, -0.05) is 0 Å². The number of benzene rings is 1. The van der Waals surface area contributed by atoms with Gasteiger partial charge in [0.25, 0.3) is 5.91 Å². The molecular weight excluding hydrogens is 289 g/mol. The molecule has 2 rings (SSSR count). The van der Waals surface area contributed by atoms with Gasteiger partial charge in [-0.05, 0) is 30.2 Å². The van der Waals surface area contributed by atoms with E-state index in [-0.39, 0.29) is 25.6 Å².